The first-order chi connectivity index (χ1) is 9.76. The minimum atomic E-state index is -0.405. The first kappa shape index (κ1) is 15.0. The zero-order chi connectivity index (χ0) is 14.4. The number of nitrogens with one attached hydrogen (secondary N) is 1. The lowest BCUT2D eigenvalue weighted by Crippen LogP contribution is -2.24. The number of hydrogen-bond acceptors (Lipinski definition) is 4. The molecule has 5 heteroatoms. The van der Waals surface area contributed by atoms with Crippen LogP contribution in [0.15, 0.2) is 24.3 Å². The van der Waals surface area contributed by atoms with Gasteiger partial charge in [0.2, 0.25) is 0 Å². The standard InChI is InChI=1S/C15H23N3O2/c1-3-18-14-7-5-4-6-13(14)17-15(18)10-16-9-8-12(19)11-20-2/h4-7,12,16,19H,3,8-11H2,1-2H3. The van der Waals surface area contributed by atoms with Gasteiger partial charge in [-0.25, -0.2) is 4.98 Å². The van der Waals surface area contributed by atoms with Gasteiger partial charge in [0.25, 0.3) is 0 Å². The molecule has 0 saturated heterocycles. The van der Waals surface area contributed by atoms with Crippen LogP contribution in [0.3, 0.4) is 0 Å². The van der Waals surface area contributed by atoms with Gasteiger partial charge in [0.05, 0.1) is 30.3 Å². The summed E-state index contributed by atoms with van der Waals surface area (Å²) >= 11 is 0. The maximum absolute atomic E-state index is 9.58. The smallest absolute Gasteiger partial charge is 0.123 e. The molecule has 0 amide bonds. The minimum Gasteiger partial charge on any atom is -0.391 e. The maximum Gasteiger partial charge on any atom is 0.123 e. The summed E-state index contributed by atoms with van der Waals surface area (Å²) < 4.78 is 7.12. The SMILES string of the molecule is CCn1c(CNCCC(O)COC)nc2ccccc21. The monoisotopic (exact) mass is 277 g/mol. The normalized spacial score (nSPS) is 12.9. The van der Waals surface area contributed by atoms with E-state index in [2.05, 4.69) is 27.9 Å². The van der Waals surface area contributed by atoms with Gasteiger partial charge >= 0.3 is 0 Å². The maximum atomic E-state index is 9.58. The van der Waals surface area contributed by atoms with Crippen molar-refractivity contribution in [1.29, 1.82) is 0 Å². The van der Waals surface area contributed by atoms with Gasteiger partial charge in [-0.1, -0.05) is 12.1 Å². The first-order valence-electron chi connectivity index (χ1n) is 7.08. The van der Waals surface area contributed by atoms with Crippen molar-refractivity contribution >= 4 is 11.0 Å². The van der Waals surface area contributed by atoms with Gasteiger partial charge < -0.3 is 19.7 Å². The van der Waals surface area contributed by atoms with E-state index in [4.69, 9.17) is 4.74 Å². The van der Waals surface area contributed by atoms with Crippen molar-refractivity contribution in [3.63, 3.8) is 0 Å². The Bertz CT molecular complexity index is 539. The van der Waals surface area contributed by atoms with Crippen molar-refractivity contribution in [2.45, 2.75) is 32.5 Å². The van der Waals surface area contributed by atoms with Crippen molar-refractivity contribution in [3.8, 4) is 0 Å². The summed E-state index contributed by atoms with van der Waals surface area (Å²) in [6, 6.07) is 8.17. The molecule has 0 aliphatic carbocycles. The Morgan fingerprint density at radius 1 is 1.40 bits per heavy atom. The van der Waals surface area contributed by atoms with Crippen LogP contribution in [-0.4, -0.2) is 41.0 Å². The Morgan fingerprint density at radius 2 is 2.20 bits per heavy atom. The average Bonchev–Trinajstić information content (AvgIpc) is 2.81. The summed E-state index contributed by atoms with van der Waals surface area (Å²) in [7, 11) is 1.60. The zero-order valence-corrected chi connectivity index (χ0v) is 12.2. The molecule has 0 fully saturated rings. The zero-order valence-electron chi connectivity index (χ0n) is 12.2. The number of rotatable bonds is 8. The van der Waals surface area contributed by atoms with Crippen molar-refractivity contribution < 1.29 is 9.84 Å². The summed E-state index contributed by atoms with van der Waals surface area (Å²) in [5.74, 6) is 1.04. The molecule has 0 aliphatic rings. The molecule has 110 valence electrons. The van der Waals surface area contributed by atoms with Crippen LogP contribution in [-0.2, 0) is 17.8 Å². The van der Waals surface area contributed by atoms with Crippen LogP contribution >= 0.6 is 0 Å². The quantitative estimate of drug-likeness (QED) is 0.719. The molecule has 1 heterocycles. The molecule has 20 heavy (non-hydrogen) atoms. The van der Waals surface area contributed by atoms with Crippen LogP contribution in [0.4, 0.5) is 0 Å². The molecular formula is C15H23N3O2. The van der Waals surface area contributed by atoms with E-state index in [1.807, 2.05) is 18.2 Å². The Morgan fingerprint density at radius 3 is 2.95 bits per heavy atom. The van der Waals surface area contributed by atoms with E-state index >= 15 is 0 Å². The predicted molar refractivity (Wildman–Crippen MR) is 79.6 cm³/mol. The lowest BCUT2D eigenvalue weighted by atomic mass is 10.2. The number of ether oxygens (including phenoxy) is 1. The molecule has 2 N–H and O–H groups in total. The second kappa shape index (κ2) is 7.38. The van der Waals surface area contributed by atoms with Crippen molar-refractivity contribution in [2.75, 3.05) is 20.3 Å². The van der Waals surface area contributed by atoms with Crippen molar-refractivity contribution in [3.05, 3.63) is 30.1 Å². The molecule has 2 aromatic rings. The second-order valence-corrected chi connectivity index (χ2v) is 4.84. The Labute approximate surface area is 119 Å². The lowest BCUT2D eigenvalue weighted by Gasteiger charge is -2.10. The van der Waals surface area contributed by atoms with Gasteiger partial charge in [0, 0.05) is 13.7 Å². The summed E-state index contributed by atoms with van der Waals surface area (Å²) in [5.41, 5.74) is 2.21. The van der Waals surface area contributed by atoms with Crippen LogP contribution in [0.5, 0.6) is 0 Å². The van der Waals surface area contributed by atoms with Crippen LogP contribution in [0.25, 0.3) is 11.0 Å². The predicted octanol–water partition coefficient (Wildman–Crippen LogP) is 1.54. The number of benzene rings is 1. The molecule has 1 aromatic heterocycles. The third kappa shape index (κ3) is 3.56. The van der Waals surface area contributed by atoms with Gasteiger partial charge in [-0.2, -0.15) is 0 Å². The fourth-order valence-corrected chi connectivity index (χ4v) is 2.36. The highest BCUT2D eigenvalue weighted by Crippen LogP contribution is 2.15. The van der Waals surface area contributed by atoms with E-state index in [1.54, 1.807) is 7.11 Å². The fraction of sp³-hybridized carbons (Fsp3) is 0.533. The highest BCUT2D eigenvalue weighted by atomic mass is 16.5. The van der Waals surface area contributed by atoms with Gasteiger partial charge in [-0.15, -0.1) is 0 Å². The summed E-state index contributed by atoms with van der Waals surface area (Å²) in [6.45, 7) is 4.87. The average molecular weight is 277 g/mol. The topological polar surface area (TPSA) is 59.3 Å². The van der Waals surface area contributed by atoms with E-state index in [-0.39, 0.29) is 0 Å². The summed E-state index contributed by atoms with van der Waals surface area (Å²) in [5, 5.41) is 12.9. The molecular weight excluding hydrogens is 254 g/mol. The van der Waals surface area contributed by atoms with E-state index < -0.39 is 6.10 Å². The number of imidazole rings is 1. The van der Waals surface area contributed by atoms with Crippen molar-refractivity contribution in [1.82, 2.24) is 14.9 Å². The molecule has 0 bridgehead atoms. The highest BCUT2D eigenvalue weighted by Gasteiger charge is 2.08. The number of fused-ring (bicyclic) bond motifs is 1. The Hall–Kier alpha value is -1.43. The molecule has 0 saturated carbocycles. The van der Waals surface area contributed by atoms with Crippen LogP contribution in [0, 0.1) is 0 Å². The fourth-order valence-electron chi connectivity index (χ4n) is 2.36. The van der Waals surface area contributed by atoms with Crippen LogP contribution in [0.1, 0.15) is 19.2 Å². The van der Waals surface area contributed by atoms with Gasteiger partial charge in [-0.05, 0) is 32.0 Å². The molecule has 5 nitrogen and oxygen atoms in total. The second-order valence-electron chi connectivity index (χ2n) is 4.84. The molecule has 1 atom stereocenters. The highest BCUT2D eigenvalue weighted by molar-refractivity contribution is 5.75. The minimum absolute atomic E-state index is 0.384. The molecule has 1 aromatic carbocycles. The van der Waals surface area contributed by atoms with Crippen LogP contribution < -0.4 is 5.32 Å². The number of aromatic nitrogens is 2. The molecule has 0 aliphatic heterocycles. The van der Waals surface area contributed by atoms with E-state index in [1.165, 1.54) is 5.52 Å². The number of nitrogens with zero attached hydrogens (tertiary/aromatic N) is 2. The number of aryl methyl sites for hydroxylation is 1. The van der Waals surface area contributed by atoms with Gasteiger partial charge in [-0.3, -0.25) is 0 Å². The van der Waals surface area contributed by atoms with E-state index in [0.717, 1.165) is 24.4 Å². The van der Waals surface area contributed by atoms with Gasteiger partial charge in [0.1, 0.15) is 5.82 Å². The number of aliphatic hydroxyl groups is 1. The largest absolute Gasteiger partial charge is 0.391 e. The number of aliphatic hydroxyl groups excluding tert-OH is 1. The summed E-state index contributed by atoms with van der Waals surface area (Å²) in [4.78, 5) is 4.65. The Balaban J connectivity index is 1.93. The molecule has 2 rings (SSSR count). The Kier molecular flexibility index (Phi) is 5.52. The summed E-state index contributed by atoms with van der Waals surface area (Å²) in [6.07, 6.45) is 0.276. The van der Waals surface area contributed by atoms with E-state index in [0.29, 0.717) is 19.6 Å². The van der Waals surface area contributed by atoms with Gasteiger partial charge in [0.15, 0.2) is 0 Å². The number of para-hydroxylation sites is 2. The lowest BCUT2D eigenvalue weighted by molar-refractivity contribution is 0.0593. The number of methoxy groups -OCH3 is 1. The van der Waals surface area contributed by atoms with E-state index in [9.17, 15) is 5.11 Å². The first-order valence-corrected chi connectivity index (χ1v) is 7.08. The molecule has 1 unspecified atom stereocenters. The van der Waals surface area contributed by atoms with Crippen molar-refractivity contribution in [2.24, 2.45) is 0 Å². The molecule has 0 radical (unpaired) electrons. The molecule has 0 spiro atoms. The van der Waals surface area contributed by atoms with Crippen LogP contribution in [0.2, 0.25) is 0 Å². The third-order valence-corrected chi connectivity index (χ3v) is 3.35. The third-order valence-electron chi connectivity index (χ3n) is 3.35. The number of hydrogen-bond donors (Lipinski definition) is 2.